The first-order chi connectivity index (χ1) is 14.4. The number of fused-ring (bicyclic) bond motifs is 1. The zero-order valence-corrected chi connectivity index (χ0v) is 18.3. The van der Waals surface area contributed by atoms with Gasteiger partial charge in [-0.15, -0.1) is 0 Å². The van der Waals surface area contributed by atoms with E-state index in [0.717, 1.165) is 22.0 Å². The summed E-state index contributed by atoms with van der Waals surface area (Å²) in [7, 11) is 0. The molecule has 0 unspecified atom stereocenters. The quantitative estimate of drug-likeness (QED) is 0.630. The number of halogens is 2. The first kappa shape index (κ1) is 22.4. The highest BCUT2D eigenvalue weighted by molar-refractivity contribution is 5.83. The van der Waals surface area contributed by atoms with E-state index in [2.05, 4.69) is 37.3 Å². The van der Waals surface area contributed by atoms with Crippen LogP contribution in [0.2, 0.25) is 0 Å². The molecule has 2 atom stereocenters. The predicted molar refractivity (Wildman–Crippen MR) is 116 cm³/mol. The Balaban J connectivity index is 2.09. The Kier molecular flexibility index (Phi) is 5.86. The van der Waals surface area contributed by atoms with E-state index in [1.54, 1.807) is 36.0 Å². The average Bonchev–Trinajstić information content (AvgIpc) is 3.10. The van der Waals surface area contributed by atoms with Crippen molar-refractivity contribution in [3.63, 3.8) is 0 Å². The van der Waals surface area contributed by atoms with E-state index in [0.29, 0.717) is 12.5 Å². The number of carbonyl (C=O) groups excluding carboxylic acids is 1. The average molecular weight is 424 g/mol. The van der Waals surface area contributed by atoms with Crippen molar-refractivity contribution in [2.24, 2.45) is 0 Å². The van der Waals surface area contributed by atoms with Crippen LogP contribution in [0, 0.1) is 11.3 Å². The lowest BCUT2D eigenvalue weighted by atomic mass is 9.86. The lowest BCUT2D eigenvalue weighted by Gasteiger charge is -2.28. The third-order valence-corrected chi connectivity index (χ3v) is 5.34. The lowest BCUT2D eigenvalue weighted by Crippen LogP contribution is -2.46. The fraction of sp³-hybridized carbons (Fsp3) is 0.375. The minimum absolute atomic E-state index is 0.0375. The van der Waals surface area contributed by atoms with Crippen molar-refractivity contribution in [1.82, 2.24) is 15.1 Å². The van der Waals surface area contributed by atoms with Crippen molar-refractivity contribution in [3.05, 3.63) is 65.4 Å². The van der Waals surface area contributed by atoms with Crippen LogP contribution in [0.4, 0.5) is 8.78 Å². The Bertz CT molecular complexity index is 1130. The molecule has 1 N–H and O–H groups in total. The van der Waals surface area contributed by atoms with Gasteiger partial charge in [-0.3, -0.25) is 9.48 Å². The molecular formula is C24H26F2N4O. The summed E-state index contributed by atoms with van der Waals surface area (Å²) < 4.78 is 28.8. The number of nitriles is 1. The fourth-order valence-electron chi connectivity index (χ4n) is 3.58. The summed E-state index contributed by atoms with van der Waals surface area (Å²) in [6.45, 7) is 8.59. The second kappa shape index (κ2) is 8.10. The van der Waals surface area contributed by atoms with E-state index in [1.807, 2.05) is 24.3 Å². The van der Waals surface area contributed by atoms with Crippen LogP contribution in [0.15, 0.2) is 48.7 Å². The van der Waals surface area contributed by atoms with Crippen molar-refractivity contribution in [1.29, 1.82) is 5.26 Å². The summed E-state index contributed by atoms with van der Waals surface area (Å²) in [4.78, 5) is 12.0. The molecule has 2 aromatic carbocycles. The van der Waals surface area contributed by atoms with Crippen LogP contribution in [0.3, 0.4) is 0 Å². The molecule has 0 aliphatic heterocycles. The van der Waals surface area contributed by atoms with Crippen molar-refractivity contribution >= 4 is 16.8 Å². The van der Waals surface area contributed by atoms with Gasteiger partial charge in [-0.05, 0) is 41.7 Å². The molecule has 0 saturated heterocycles. The Morgan fingerprint density at radius 2 is 1.77 bits per heavy atom. The number of benzene rings is 2. The summed E-state index contributed by atoms with van der Waals surface area (Å²) in [6, 6.07) is 14.0. The topological polar surface area (TPSA) is 70.7 Å². The molecule has 1 aromatic heterocycles. The van der Waals surface area contributed by atoms with Gasteiger partial charge in [-0.1, -0.05) is 45.0 Å². The second-order valence-corrected chi connectivity index (χ2v) is 8.94. The summed E-state index contributed by atoms with van der Waals surface area (Å²) >= 11 is 0. The monoisotopic (exact) mass is 424 g/mol. The Morgan fingerprint density at radius 1 is 1.13 bits per heavy atom. The molecule has 3 aromatic rings. The van der Waals surface area contributed by atoms with Crippen LogP contribution in [-0.4, -0.2) is 27.7 Å². The first-order valence-electron chi connectivity index (χ1n) is 10.1. The zero-order valence-electron chi connectivity index (χ0n) is 18.3. The van der Waals surface area contributed by atoms with Gasteiger partial charge in [0.25, 0.3) is 5.91 Å². The summed E-state index contributed by atoms with van der Waals surface area (Å²) in [5.74, 6) is -4.82. The molecule has 0 aliphatic rings. The summed E-state index contributed by atoms with van der Waals surface area (Å²) in [5.41, 5.74) is 3.17. The molecule has 7 heteroatoms. The maximum Gasteiger partial charge on any atom is 0.321 e. The number of nitrogens with one attached hydrogen (secondary N) is 1. The molecule has 0 bridgehead atoms. The highest BCUT2D eigenvalue weighted by atomic mass is 19.3. The predicted octanol–water partition coefficient (Wildman–Crippen LogP) is 4.95. The van der Waals surface area contributed by atoms with Crippen LogP contribution in [0.5, 0.6) is 0 Å². The second-order valence-electron chi connectivity index (χ2n) is 8.94. The van der Waals surface area contributed by atoms with E-state index in [4.69, 9.17) is 5.26 Å². The van der Waals surface area contributed by atoms with Gasteiger partial charge in [0.15, 0.2) is 0 Å². The smallest absolute Gasteiger partial charge is 0.321 e. The number of hydrogen-bond donors (Lipinski definition) is 1. The van der Waals surface area contributed by atoms with Crippen LogP contribution in [0.1, 0.15) is 57.4 Å². The van der Waals surface area contributed by atoms with Gasteiger partial charge in [0.1, 0.15) is 0 Å². The normalized spacial score (nSPS) is 14.1. The highest BCUT2D eigenvalue weighted by Gasteiger charge is 2.35. The summed E-state index contributed by atoms with van der Waals surface area (Å²) in [5, 5.41) is 16.8. The minimum atomic E-state index is -3.48. The van der Waals surface area contributed by atoms with Gasteiger partial charge < -0.3 is 5.32 Å². The molecule has 3 rings (SSSR count). The zero-order chi connectivity index (χ0) is 23.0. The van der Waals surface area contributed by atoms with E-state index in [1.165, 1.54) is 0 Å². The number of hydrogen-bond acceptors (Lipinski definition) is 3. The van der Waals surface area contributed by atoms with Gasteiger partial charge in [-0.25, -0.2) is 0 Å². The van der Waals surface area contributed by atoms with Gasteiger partial charge in [0.2, 0.25) is 0 Å². The van der Waals surface area contributed by atoms with Crippen LogP contribution in [-0.2, 0) is 10.2 Å². The third kappa shape index (κ3) is 4.74. The minimum Gasteiger partial charge on any atom is -0.346 e. The SMILES string of the molecule is C[C@H](NC(=O)C(C)(F)F)[C@@H](c1ccc(C(C)(C)C)cc1)n1ncc2cc(C#N)ccc21. The van der Waals surface area contributed by atoms with E-state index >= 15 is 0 Å². The molecule has 162 valence electrons. The number of alkyl halides is 2. The first-order valence-corrected chi connectivity index (χ1v) is 10.1. The largest absolute Gasteiger partial charge is 0.346 e. The maximum atomic E-state index is 13.5. The van der Waals surface area contributed by atoms with Crippen molar-refractivity contribution in [3.8, 4) is 6.07 Å². The highest BCUT2D eigenvalue weighted by Crippen LogP contribution is 2.30. The molecule has 1 heterocycles. The molecule has 0 radical (unpaired) electrons. The van der Waals surface area contributed by atoms with Gasteiger partial charge >= 0.3 is 5.92 Å². The molecule has 0 aliphatic carbocycles. The third-order valence-electron chi connectivity index (χ3n) is 5.34. The van der Waals surface area contributed by atoms with E-state index in [-0.39, 0.29) is 5.41 Å². The van der Waals surface area contributed by atoms with Crippen LogP contribution >= 0.6 is 0 Å². The maximum absolute atomic E-state index is 13.5. The van der Waals surface area contributed by atoms with Gasteiger partial charge in [0, 0.05) is 12.3 Å². The Hall–Kier alpha value is -3.27. The van der Waals surface area contributed by atoms with Gasteiger partial charge in [0.05, 0.1) is 35.4 Å². The fourth-order valence-corrected chi connectivity index (χ4v) is 3.58. The van der Waals surface area contributed by atoms with Crippen LogP contribution < -0.4 is 5.32 Å². The van der Waals surface area contributed by atoms with E-state index < -0.39 is 23.9 Å². The summed E-state index contributed by atoms with van der Waals surface area (Å²) in [6.07, 6.45) is 1.63. The molecule has 5 nitrogen and oxygen atoms in total. The Morgan fingerprint density at radius 3 is 2.32 bits per heavy atom. The number of nitrogens with zero attached hydrogens (tertiary/aromatic N) is 3. The van der Waals surface area contributed by atoms with E-state index in [9.17, 15) is 13.6 Å². The van der Waals surface area contributed by atoms with Gasteiger partial charge in [-0.2, -0.15) is 19.1 Å². The number of amides is 1. The molecule has 31 heavy (non-hydrogen) atoms. The number of rotatable bonds is 5. The molecular weight excluding hydrogens is 398 g/mol. The molecule has 0 fully saturated rings. The lowest BCUT2D eigenvalue weighted by molar-refractivity contribution is -0.143. The van der Waals surface area contributed by atoms with Crippen LogP contribution in [0.25, 0.3) is 10.9 Å². The molecule has 0 spiro atoms. The standard InChI is InChI=1S/C24H26F2N4O/c1-15(29-22(31)24(5,25)26)21(17-7-9-19(10-8-17)23(2,3)4)30-20-11-6-16(13-27)12-18(20)14-28-30/h6-12,14-15,21H,1-5H3,(H,29,31)/t15-,21-/m0/s1. The number of carbonyl (C=O) groups is 1. The van der Waals surface area contributed by atoms with Crippen molar-refractivity contribution in [2.75, 3.05) is 0 Å². The van der Waals surface area contributed by atoms with Crippen molar-refractivity contribution < 1.29 is 13.6 Å². The molecule has 0 saturated carbocycles. The number of aromatic nitrogens is 2. The van der Waals surface area contributed by atoms with Crippen molar-refractivity contribution in [2.45, 2.75) is 58.0 Å². The Labute approximate surface area is 180 Å². The molecule has 1 amide bonds.